The van der Waals surface area contributed by atoms with Crippen molar-refractivity contribution in [1.29, 1.82) is 0 Å². The smallest absolute Gasteiger partial charge is 0.341 e. The molecule has 3 aromatic rings. The summed E-state index contributed by atoms with van der Waals surface area (Å²) in [4.78, 5) is 11.6. The predicted molar refractivity (Wildman–Crippen MR) is 125 cm³/mol. The van der Waals surface area contributed by atoms with Crippen LogP contribution in [0.25, 0.3) is 5.57 Å². The predicted octanol–water partition coefficient (Wildman–Crippen LogP) is 6.64. The first-order valence-electron chi connectivity index (χ1n) is 9.53. The molecule has 0 aliphatic carbocycles. The van der Waals surface area contributed by atoms with Crippen LogP contribution in [0.1, 0.15) is 22.3 Å². The summed E-state index contributed by atoms with van der Waals surface area (Å²) in [5.41, 5.74) is 5.99. The number of carbonyl (C=O) groups is 1. The lowest BCUT2D eigenvalue weighted by molar-refractivity contribution is -0.139. The molecule has 3 aromatic carbocycles. The highest BCUT2D eigenvalue weighted by molar-refractivity contribution is 7.99. The molecule has 154 valence electrons. The van der Waals surface area contributed by atoms with Gasteiger partial charge in [-0.1, -0.05) is 77.3 Å². The fraction of sp³-hybridized carbons (Fsp3) is 0.160. The number of halogens is 1. The van der Waals surface area contributed by atoms with E-state index in [4.69, 9.17) is 21.4 Å². The maximum Gasteiger partial charge on any atom is 0.341 e. The summed E-state index contributed by atoms with van der Waals surface area (Å²) in [5, 5.41) is 9.26. The van der Waals surface area contributed by atoms with Crippen molar-refractivity contribution in [2.45, 2.75) is 18.7 Å². The van der Waals surface area contributed by atoms with Gasteiger partial charge in [0.05, 0.1) is 5.02 Å². The van der Waals surface area contributed by atoms with Gasteiger partial charge in [-0.25, -0.2) is 4.79 Å². The van der Waals surface area contributed by atoms with Gasteiger partial charge in [0.1, 0.15) is 5.75 Å². The Bertz CT molecular complexity index is 993. The largest absolute Gasteiger partial charge is 0.482 e. The van der Waals surface area contributed by atoms with Crippen LogP contribution in [0, 0.1) is 13.8 Å². The number of hydrogen-bond acceptors (Lipinski definition) is 3. The zero-order valence-corrected chi connectivity index (χ0v) is 18.5. The second-order valence-electron chi connectivity index (χ2n) is 6.94. The molecule has 3 rings (SSSR count). The van der Waals surface area contributed by atoms with Crippen molar-refractivity contribution in [3.05, 3.63) is 100 Å². The van der Waals surface area contributed by atoms with E-state index in [2.05, 4.69) is 68.5 Å². The van der Waals surface area contributed by atoms with Crippen molar-refractivity contribution < 1.29 is 14.6 Å². The topological polar surface area (TPSA) is 46.5 Å². The van der Waals surface area contributed by atoms with E-state index in [1.807, 2.05) is 6.07 Å². The molecule has 0 aliphatic rings. The second-order valence-corrected chi connectivity index (χ2v) is 8.40. The molecule has 0 fully saturated rings. The van der Waals surface area contributed by atoms with E-state index < -0.39 is 5.97 Å². The molecular formula is C25H23ClO3S. The zero-order chi connectivity index (χ0) is 21.5. The molecular weight excluding hydrogens is 416 g/mol. The Kier molecular flexibility index (Phi) is 7.61. The first-order chi connectivity index (χ1) is 14.4. The summed E-state index contributed by atoms with van der Waals surface area (Å²) in [7, 11) is 0. The fourth-order valence-corrected chi connectivity index (χ4v) is 4.04. The molecule has 0 aromatic heterocycles. The van der Waals surface area contributed by atoms with Crippen LogP contribution >= 0.6 is 23.4 Å². The number of benzene rings is 3. The molecule has 0 spiro atoms. The number of rotatable bonds is 8. The molecule has 3 nitrogen and oxygen atoms in total. The van der Waals surface area contributed by atoms with Crippen LogP contribution in [0.15, 0.2) is 77.7 Å². The van der Waals surface area contributed by atoms with Gasteiger partial charge in [0.25, 0.3) is 0 Å². The number of carboxylic acids is 1. The van der Waals surface area contributed by atoms with E-state index in [0.717, 1.165) is 10.6 Å². The van der Waals surface area contributed by atoms with Crippen molar-refractivity contribution in [3.8, 4) is 5.75 Å². The standard InChI is InChI=1S/C25H23ClO3S/c1-17-3-7-19(8-4-17)22(20-9-5-18(2)6-10-20)13-14-30-24-12-11-21(15-23(24)26)29-16-25(27)28/h3-13,15H,14,16H2,1-2H3,(H,27,28). The monoisotopic (exact) mass is 438 g/mol. The van der Waals surface area contributed by atoms with Gasteiger partial charge in [0, 0.05) is 10.6 Å². The summed E-state index contributed by atoms with van der Waals surface area (Å²) in [6.45, 7) is 3.78. The summed E-state index contributed by atoms with van der Waals surface area (Å²) < 4.78 is 5.18. The third-order valence-corrected chi connectivity index (χ3v) is 5.94. The van der Waals surface area contributed by atoms with Gasteiger partial charge in [-0.2, -0.15) is 0 Å². The normalized spacial score (nSPS) is 10.5. The van der Waals surface area contributed by atoms with Gasteiger partial charge >= 0.3 is 5.97 Å². The summed E-state index contributed by atoms with van der Waals surface area (Å²) in [5.74, 6) is 0.170. The molecule has 0 saturated carbocycles. The van der Waals surface area contributed by atoms with Gasteiger partial charge in [0.2, 0.25) is 0 Å². The van der Waals surface area contributed by atoms with Crippen LogP contribution in [-0.2, 0) is 4.79 Å². The third-order valence-electron chi connectivity index (χ3n) is 4.52. The minimum Gasteiger partial charge on any atom is -0.482 e. The van der Waals surface area contributed by atoms with Gasteiger partial charge in [0.15, 0.2) is 6.61 Å². The highest BCUT2D eigenvalue weighted by Crippen LogP contribution is 2.32. The molecule has 1 N–H and O–H groups in total. The lowest BCUT2D eigenvalue weighted by atomic mass is 9.96. The summed E-state index contributed by atoms with van der Waals surface area (Å²) >= 11 is 7.98. The molecule has 0 saturated heterocycles. The van der Waals surface area contributed by atoms with Crippen molar-refractivity contribution in [2.75, 3.05) is 12.4 Å². The Labute approximate surface area is 186 Å². The molecule has 0 radical (unpaired) electrons. The Morgan fingerprint density at radius 3 is 2.03 bits per heavy atom. The lowest BCUT2D eigenvalue weighted by Gasteiger charge is -2.11. The van der Waals surface area contributed by atoms with Crippen LogP contribution in [-0.4, -0.2) is 23.4 Å². The first-order valence-corrected chi connectivity index (χ1v) is 10.9. The van der Waals surface area contributed by atoms with Crippen LogP contribution in [0.5, 0.6) is 5.75 Å². The Hall–Kier alpha value is -2.69. The molecule has 0 aliphatic heterocycles. The number of aliphatic carboxylic acids is 1. The maximum atomic E-state index is 10.6. The molecule has 0 atom stereocenters. The minimum absolute atomic E-state index is 0.387. The second kappa shape index (κ2) is 10.4. The van der Waals surface area contributed by atoms with E-state index >= 15 is 0 Å². The maximum absolute atomic E-state index is 10.6. The number of ether oxygens (including phenoxy) is 1. The number of hydrogen-bond donors (Lipinski definition) is 1. The molecule has 0 bridgehead atoms. The number of thioether (sulfide) groups is 1. The fourth-order valence-electron chi connectivity index (χ4n) is 2.92. The van der Waals surface area contributed by atoms with E-state index in [-0.39, 0.29) is 6.61 Å². The van der Waals surface area contributed by atoms with E-state index in [1.54, 1.807) is 23.9 Å². The lowest BCUT2D eigenvalue weighted by Crippen LogP contribution is -2.09. The van der Waals surface area contributed by atoms with Gasteiger partial charge < -0.3 is 9.84 Å². The van der Waals surface area contributed by atoms with Crippen LogP contribution in [0.3, 0.4) is 0 Å². The highest BCUT2D eigenvalue weighted by Gasteiger charge is 2.08. The van der Waals surface area contributed by atoms with Gasteiger partial charge in [-0.15, -0.1) is 11.8 Å². The van der Waals surface area contributed by atoms with Crippen molar-refractivity contribution in [3.63, 3.8) is 0 Å². The van der Waals surface area contributed by atoms with E-state index in [0.29, 0.717) is 10.8 Å². The molecule has 0 heterocycles. The third kappa shape index (κ3) is 6.15. The highest BCUT2D eigenvalue weighted by atomic mass is 35.5. The van der Waals surface area contributed by atoms with E-state index in [1.165, 1.54) is 27.8 Å². The quantitative estimate of drug-likeness (QED) is 0.400. The van der Waals surface area contributed by atoms with Crippen molar-refractivity contribution in [1.82, 2.24) is 0 Å². The first kappa shape index (κ1) is 22.0. The van der Waals surface area contributed by atoms with Crippen LogP contribution in [0.2, 0.25) is 5.02 Å². The van der Waals surface area contributed by atoms with Crippen LogP contribution < -0.4 is 4.74 Å². The van der Waals surface area contributed by atoms with Crippen molar-refractivity contribution in [2.24, 2.45) is 0 Å². The SMILES string of the molecule is Cc1ccc(C(=CCSc2ccc(OCC(=O)O)cc2Cl)c2ccc(C)cc2)cc1. The average Bonchev–Trinajstić information content (AvgIpc) is 2.72. The molecule has 0 amide bonds. The van der Waals surface area contributed by atoms with Crippen molar-refractivity contribution >= 4 is 34.9 Å². The average molecular weight is 439 g/mol. The molecule has 30 heavy (non-hydrogen) atoms. The van der Waals surface area contributed by atoms with E-state index in [9.17, 15) is 4.79 Å². The van der Waals surface area contributed by atoms with Gasteiger partial charge in [-0.05, 0) is 48.7 Å². The summed E-state index contributed by atoms with van der Waals surface area (Å²) in [6, 6.07) is 22.3. The zero-order valence-electron chi connectivity index (χ0n) is 16.9. The molecule has 0 unspecified atom stereocenters. The molecule has 5 heteroatoms. The minimum atomic E-state index is -1.02. The van der Waals surface area contributed by atoms with Crippen LogP contribution in [0.4, 0.5) is 0 Å². The number of aryl methyl sites for hydroxylation is 2. The summed E-state index contributed by atoms with van der Waals surface area (Å²) in [6.07, 6.45) is 2.21. The Morgan fingerprint density at radius 2 is 1.53 bits per heavy atom. The van der Waals surface area contributed by atoms with Gasteiger partial charge in [-0.3, -0.25) is 0 Å². The Balaban J connectivity index is 1.78. The number of carboxylic acid groups (broad SMARTS) is 1. The Morgan fingerprint density at radius 1 is 0.967 bits per heavy atom.